The molecule has 0 bridgehead atoms. The van der Waals surface area contributed by atoms with Gasteiger partial charge in [-0.1, -0.05) is 0 Å². The van der Waals surface area contributed by atoms with Gasteiger partial charge in [0.1, 0.15) is 0 Å². The average Bonchev–Trinajstić information content (AvgIpc) is 0.722. The third-order valence-corrected chi connectivity index (χ3v) is 0. The monoisotopic (exact) mass is 275 g/mol. The number of hydrogen-bond donors (Lipinski definition) is 3. The molecule has 1 radical (unpaired) electrons. The second kappa shape index (κ2) is 12.9. The summed E-state index contributed by atoms with van der Waals surface area (Å²) in [5.74, 6) is 0. The zero-order valence-electron chi connectivity index (χ0n) is 3.24. The largest absolute Gasteiger partial charge is 0 e. The van der Waals surface area contributed by atoms with Crippen LogP contribution in [0.15, 0.2) is 0 Å². The van der Waals surface area contributed by atoms with Crippen molar-refractivity contribution < 1.29 is 69.9 Å². The van der Waals surface area contributed by atoms with Gasteiger partial charge in [-0.3, -0.25) is 0 Å². The van der Waals surface area contributed by atoms with Crippen LogP contribution in [0.1, 0.15) is 0 Å². The molecule has 0 rings (SSSR count). The van der Waals surface area contributed by atoms with Crippen LogP contribution < -0.4 is 0 Å². The van der Waals surface area contributed by atoms with E-state index in [4.69, 9.17) is 19.2 Å². The van der Waals surface area contributed by atoms with E-state index in [0.717, 1.165) is 0 Å². The smallest absolute Gasteiger partial charge is 0 e. The van der Waals surface area contributed by atoms with Crippen molar-refractivity contribution in [3.63, 3.8) is 0 Å². The summed E-state index contributed by atoms with van der Waals surface area (Å²) < 4.78 is 8.88. The number of hydrogen-bond acceptors (Lipinski definition) is 1. The zero-order valence-corrected chi connectivity index (χ0v) is 7.41. The van der Waals surface area contributed by atoms with Gasteiger partial charge in [-0.2, -0.15) is 0 Å². The fourth-order valence-corrected chi connectivity index (χ4v) is 0. The van der Waals surface area contributed by atoms with Crippen LogP contribution in [0.3, 0.4) is 0 Å². The molecule has 0 spiro atoms. The van der Waals surface area contributed by atoms with E-state index in [-0.39, 0.29) is 69.5 Å². The molecule has 4 nitrogen and oxygen atoms in total. The topological polar surface area (TPSA) is 77.8 Å². The molecule has 0 fully saturated rings. The van der Waals surface area contributed by atoms with E-state index < -0.39 is 7.82 Å². The van der Waals surface area contributed by atoms with Crippen LogP contribution in [-0.4, -0.2) is 33.5 Å². The summed E-state index contributed by atoms with van der Waals surface area (Å²) in [5.41, 5.74) is 0. The van der Waals surface area contributed by atoms with Crippen LogP contribution in [0.25, 0.3) is 0 Å². The third kappa shape index (κ3) is 139. The quantitative estimate of drug-likeness (QED) is 0.368. The Morgan fingerprint density at radius 2 is 1.11 bits per heavy atom. The van der Waals surface area contributed by atoms with Gasteiger partial charge < -0.3 is 14.7 Å². The van der Waals surface area contributed by atoms with Crippen molar-refractivity contribution in [1.82, 2.24) is 0 Å². The van der Waals surface area contributed by atoms with E-state index >= 15 is 0 Å². The Morgan fingerprint density at radius 3 is 1.11 bits per heavy atom. The van der Waals surface area contributed by atoms with Gasteiger partial charge in [-0.25, -0.2) is 4.57 Å². The van der Waals surface area contributed by atoms with E-state index in [0.29, 0.717) is 0 Å². The number of rotatable bonds is 0. The maximum atomic E-state index is 8.88. The minimum absolute atomic E-state index is 0. The SMILES string of the molecule is O=P(O)(O)O.[Fe].[LiH].[Mn].[Ni]. The minimum Gasteiger partial charge on any atom is 0 e. The molecule has 0 unspecified atom stereocenters. The molecule has 0 heterocycles. The van der Waals surface area contributed by atoms with Crippen molar-refractivity contribution in [3.8, 4) is 0 Å². The van der Waals surface area contributed by atoms with Crippen LogP contribution in [0, 0.1) is 0 Å². The maximum absolute atomic E-state index is 8.88. The van der Waals surface area contributed by atoms with Gasteiger partial charge in [0.25, 0.3) is 0 Å². The van der Waals surface area contributed by atoms with Gasteiger partial charge in [0.2, 0.25) is 0 Å². The summed E-state index contributed by atoms with van der Waals surface area (Å²) in [5, 5.41) is 0. The van der Waals surface area contributed by atoms with Gasteiger partial charge in [-0.05, 0) is 0 Å². The predicted octanol–water partition coefficient (Wildman–Crippen LogP) is -1.58. The summed E-state index contributed by atoms with van der Waals surface area (Å²) in [4.78, 5) is 21.6. The van der Waals surface area contributed by atoms with Crippen molar-refractivity contribution in [2.45, 2.75) is 0 Å². The van der Waals surface area contributed by atoms with Gasteiger partial charge in [-0.15, -0.1) is 0 Å². The van der Waals surface area contributed by atoms with Gasteiger partial charge in [0.05, 0.1) is 0 Å². The van der Waals surface area contributed by atoms with Crippen LogP contribution in [0.5, 0.6) is 0 Å². The molecule has 0 amide bonds. The van der Waals surface area contributed by atoms with Crippen molar-refractivity contribution in [2.75, 3.05) is 0 Å². The van der Waals surface area contributed by atoms with E-state index in [1.807, 2.05) is 0 Å². The maximum Gasteiger partial charge on any atom is 0 e. The Morgan fingerprint density at radius 1 is 1.11 bits per heavy atom. The standard InChI is InChI=1S/Fe.Li.Mn.Ni.H3O4P.H/c;;;;1-5(2,3)4;/h;;;;(H3,1,2,3,4);. The average molecular weight is 275 g/mol. The van der Waals surface area contributed by atoms with Crippen LogP contribution in [-0.2, 0) is 55.2 Å². The first-order valence-corrected chi connectivity index (χ1v) is 2.35. The molecule has 0 aromatic rings. The molecule has 9 heavy (non-hydrogen) atoms. The molecule has 3 N–H and O–H groups in total. The number of phosphoric acid groups is 1. The molecule has 0 saturated heterocycles. The fraction of sp³-hybridized carbons (Fsp3) is 0. The van der Waals surface area contributed by atoms with E-state index in [1.54, 1.807) is 0 Å². The molecule has 0 aliphatic rings. The van der Waals surface area contributed by atoms with Crippen LogP contribution in [0.4, 0.5) is 0 Å². The summed E-state index contributed by atoms with van der Waals surface area (Å²) in [6.07, 6.45) is 0. The van der Waals surface area contributed by atoms with Crippen molar-refractivity contribution in [3.05, 3.63) is 0 Å². The van der Waals surface area contributed by atoms with E-state index in [9.17, 15) is 0 Å². The summed E-state index contributed by atoms with van der Waals surface area (Å²) >= 11 is 0. The van der Waals surface area contributed by atoms with Gasteiger partial charge >= 0.3 is 26.7 Å². The van der Waals surface area contributed by atoms with Crippen LogP contribution >= 0.6 is 7.82 Å². The molecule has 0 saturated carbocycles. The van der Waals surface area contributed by atoms with Crippen molar-refractivity contribution >= 4 is 26.7 Å². The molecule has 0 aromatic carbocycles. The molecule has 0 aliphatic heterocycles. The Balaban J connectivity index is -0.0000000133. The van der Waals surface area contributed by atoms with Gasteiger partial charge in [0, 0.05) is 50.6 Å². The summed E-state index contributed by atoms with van der Waals surface area (Å²) in [6, 6.07) is 0. The first kappa shape index (κ1) is 30.3. The van der Waals surface area contributed by atoms with Crippen molar-refractivity contribution in [2.24, 2.45) is 0 Å². The first-order chi connectivity index (χ1) is 2.00. The normalized spacial score (nSPS) is 6.56. The molecular weight excluding hydrogens is 271 g/mol. The van der Waals surface area contributed by atoms with Crippen molar-refractivity contribution in [1.29, 1.82) is 0 Å². The molecule has 9 heteroatoms. The fourth-order valence-electron chi connectivity index (χ4n) is 0. The summed E-state index contributed by atoms with van der Waals surface area (Å²) in [6.45, 7) is 0. The molecular formula is H4FeLiMnNiO4P. The Hall–Kier alpha value is 2.24. The second-order valence-electron chi connectivity index (χ2n) is 0.513. The second-order valence-corrected chi connectivity index (χ2v) is 1.54. The van der Waals surface area contributed by atoms with E-state index in [2.05, 4.69) is 0 Å². The Labute approximate surface area is 95.8 Å². The molecule has 0 atom stereocenters. The first-order valence-electron chi connectivity index (χ1n) is 0.783. The van der Waals surface area contributed by atoms with Gasteiger partial charge in [0.15, 0.2) is 0 Å². The Bertz CT molecular complexity index is 66.7. The summed E-state index contributed by atoms with van der Waals surface area (Å²) in [7, 11) is -4.64. The van der Waals surface area contributed by atoms with E-state index in [1.165, 1.54) is 0 Å². The molecule has 59 valence electrons. The molecule has 0 aliphatic carbocycles. The molecule has 0 aromatic heterocycles. The van der Waals surface area contributed by atoms with Crippen LogP contribution in [0.2, 0.25) is 0 Å². The predicted molar refractivity (Wildman–Crippen MR) is 21.4 cm³/mol. The minimum atomic E-state index is -4.64. The third-order valence-electron chi connectivity index (χ3n) is 0. The zero-order chi connectivity index (χ0) is 4.50. The Kier molecular flexibility index (Phi) is 43.3.